The van der Waals surface area contributed by atoms with Gasteiger partial charge in [0.15, 0.2) is 5.65 Å². The van der Waals surface area contributed by atoms with E-state index in [1.54, 1.807) is 12.1 Å². The molecule has 100 valence electrons. The molecular weight excluding hydrogens is 242 g/mol. The van der Waals surface area contributed by atoms with Crippen molar-refractivity contribution in [1.82, 2.24) is 14.6 Å². The Morgan fingerprint density at radius 1 is 1.26 bits per heavy atom. The van der Waals surface area contributed by atoms with Crippen molar-refractivity contribution in [3.05, 3.63) is 29.7 Å². The van der Waals surface area contributed by atoms with Crippen LogP contribution in [0.3, 0.4) is 0 Å². The van der Waals surface area contributed by atoms with Crippen LogP contribution in [0.5, 0.6) is 0 Å². The van der Waals surface area contributed by atoms with Crippen molar-refractivity contribution < 1.29 is 9.53 Å². The third kappa shape index (κ3) is 2.09. The first kappa shape index (κ1) is 12.1. The summed E-state index contributed by atoms with van der Waals surface area (Å²) in [5.74, 6) is 0.952. The van der Waals surface area contributed by atoms with Crippen molar-refractivity contribution in [1.29, 1.82) is 0 Å². The Balaban J connectivity index is 2.11. The van der Waals surface area contributed by atoms with Crippen LogP contribution in [-0.4, -0.2) is 27.7 Å². The summed E-state index contributed by atoms with van der Waals surface area (Å²) in [5, 5.41) is 8.48. The van der Waals surface area contributed by atoms with Crippen LogP contribution in [-0.2, 0) is 4.74 Å². The van der Waals surface area contributed by atoms with E-state index >= 15 is 0 Å². The van der Waals surface area contributed by atoms with Gasteiger partial charge in [-0.3, -0.25) is 4.40 Å². The first-order chi connectivity index (χ1) is 9.31. The van der Waals surface area contributed by atoms with E-state index < -0.39 is 0 Å². The molecule has 5 nitrogen and oxygen atoms in total. The molecule has 0 spiro atoms. The fourth-order valence-electron chi connectivity index (χ4n) is 2.85. The van der Waals surface area contributed by atoms with Gasteiger partial charge >= 0.3 is 5.97 Å². The molecule has 0 unspecified atom stereocenters. The maximum absolute atomic E-state index is 11.9. The molecule has 3 rings (SSSR count). The number of ether oxygens (including phenoxy) is 1. The zero-order valence-corrected chi connectivity index (χ0v) is 11.0. The Bertz CT molecular complexity index is 600. The van der Waals surface area contributed by atoms with E-state index in [-0.39, 0.29) is 5.97 Å². The molecule has 19 heavy (non-hydrogen) atoms. The maximum Gasteiger partial charge on any atom is 0.355 e. The predicted octanol–water partition coefficient (Wildman–Crippen LogP) is 2.56. The lowest BCUT2D eigenvalue weighted by atomic mass is 9.88. The van der Waals surface area contributed by atoms with E-state index in [0.717, 1.165) is 18.7 Å². The van der Waals surface area contributed by atoms with Crippen molar-refractivity contribution in [2.75, 3.05) is 7.11 Å². The lowest BCUT2D eigenvalue weighted by molar-refractivity contribution is 0.0591. The van der Waals surface area contributed by atoms with Crippen molar-refractivity contribution in [2.24, 2.45) is 0 Å². The van der Waals surface area contributed by atoms with E-state index in [2.05, 4.69) is 10.2 Å². The van der Waals surface area contributed by atoms with E-state index in [0.29, 0.717) is 17.3 Å². The molecule has 1 aliphatic rings. The number of methoxy groups -OCH3 is 1. The number of carbonyl (C=O) groups excluding carboxylic acids is 1. The van der Waals surface area contributed by atoms with Gasteiger partial charge in [0.1, 0.15) is 11.5 Å². The lowest BCUT2D eigenvalue weighted by Gasteiger charge is -2.20. The third-order valence-electron chi connectivity index (χ3n) is 3.82. The highest BCUT2D eigenvalue weighted by Crippen LogP contribution is 2.32. The Labute approximate surface area is 111 Å². The van der Waals surface area contributed by atoms with Crippen molar-refractivity contribution >= 4 is 11.6 Å². The predicted molar refractivity (Wildman–Crippen MR) is 70.2 cm³/mol. The second-order valence-corrected chi connectivity index (χ2v) is 4.99. The molecule has 0 N–H and O–H groups in total. The lowest BCUT2D eigenvalue weighted by Crippen LogP contribution is -2.14. The monoisotopic (exact) mass is 259 g/mol. The fourth-order valence-corrected chi connectivity index (χ4v) is 2.85. The number of aromatic nitrogens is 3. The Kier molecular flexibility index (Phi) is 3.19. The second-order valence-electron chi connectivity index (χ2n) is 4.99. The highest BCUT2D eigenvalue weighted by atomic mass is 16.5. The molecule has 1 aliphatic carbocycles. The van der Waals surface area contributed by atoms with Crippen LogP contribution in [0, 0.1) is 0 Å². The first-order valence-corrected chi connectivity index (χ1v) is 6.73. The van der Waals surface area contributed by atoms with Gasteiger partial charge in [0.2, 0.25) is 0 Å². The van der Waals surface area contributed by atoms with Crippen LogP contribution in [0.1, 0.15) is 54.3 Å². The van der Waals surface area contributed by atoms with E-state index in [4.69, 9.17) is 4.74 Å². The SMILES string of the molecule is COC(=O)c1cccc2nnc(C3CCCCC3)n12. The molecule has 2 heterocycles. The van der Waals surface area contributed by atoms with Crippen LogP contribution in [0.4, 0.5) is 0 Å². The minimum atomic E-state index is -0.345. The largest absolute Gasteiger partial charge is 0.464 e. The standard InChI is InChI=1S/C14H17N3O2/c1-19-14(18)11-8-5-9-12-15-16-13(17(11)12)10-6-3-2-4-7-10/h5,8-10H,2-4,6-7H2,1H3. The van der Waals surface area contributed by atoms with Crippen LogP contribution in [0.15, 0.2) is 18.2 Å². The van der Waals surface area contributed by atoms with E-state index in [1.807, 2.05) is 10.5 Å². The number of fused-ring (bicyclic) bond motifs is 1. The Morgan fingerprint density at radius 3 is 2.79 bits per heavy atom. The fraction of sp³-hybridized carbons (Fsp3) is 0.500. The van der Waals surface area contributed by atoms with Gasteiger partial charge in [0.05, 0.1) is 7.11 Å². The van der Waals surface area contributed by atoms with Gasteiger partial charge in [0, 0.05) is 5.92 Å². The van der Waals surface area contributed by atoms with Crippen LogP contribution in [0.25, 0.3) is 5.65 Å². The second kappa shape index (κ2) is 4.99. The summed E-state index contributed by atoms with van der Waals surface area (Å²) >= 11 is 0. The van der Waals surface area contributed by atoms with E-state index in [1.165, 1.54) is 26.4 Å². The summed E-state index contributed by atoms with van der Waals surface area (Å²) in [6, 6.07) is 5.43. The van der Waals surface area contributed by atoms with Gasteiger partial charge in [0.25, 0.3) is 0 Å². The van der Waals surface area contributed by atoms with Crippen molar-refractivity contribution in [3.8, 4) is 0 Å². The summed E-state index contributed by atoms with van der Waals surface area (Å²) in [6.45, 7) is 0. The molecule has 2 aromatic rings. The number of hydrogen-bond donors (Lipinski definition) is 0. The van der Waals surface area contributed by atoms with Crippen LogP contribution in [0.2, 0.25) is 0 Å². The third-order valence-corrected chi connectivity index (χ3v) is 3.82. The van der Waals surface area contributed by atoms with Gasteiger partial charge in [-0.15, -0.1) is 10.2 Å². The Hall–Kier alpha value is -1.91. The quantitative estimate of drug-likeness (QED) is 0.778. The molecule has 0 aromatic carbocycles. The van der Waals surface area contributed by atoms with Gasteiger partial charge < -0.3 is 4.74 Å². The Morgan fingerprint density at radius 2 is 2.05 bits per heavy atom. The average molecular weight is 259 g/mol. The van der Waals surface area contributed by atoms with Crippen molar-refractivity contribution in [3.63, 3.8) is 0 Å². The molecule has 0 saturated heterocycles. The molecule has 0 atom stereocenters. The summed E-state index contributed by atoms with van der Waals surface area (Å²) in [6.07, 6.45) is 5.98. The molecule has 0 aliphatic heterocycles. The molecule has 0 radical (unpaired) electrons. The first-order valence-electron chi connectivity index (χ1n) is 6.73. The highest BCUT2D eigenvalue weighted by Gasteiger charge is 2.23. The number of carbonyl (C=O) groups is 1. The zero-order valence-electron chi connectivity index (χ0n) is 11.0. The van der Waals surface area contributed by atoms with E-state index in [9.17, 15) is 4.79 Å². The maximum atomic E-state index is 11.9. The minimum Gasteiger partial charge on any atom is -0.464 e. The molecular formula is C14H17N3O2. The molecule has 1 fully saturated rings. The summed E-state index contributed by atoms with van der Waals surface area (Å²) in [7, 11) is 1.39. The van der Waals surface area contributed by atoms with Gasteiger partial charge in [-0.2, -0.15) is 0 Å². The normalized spacial score (nSPS) is 16.7. The molecule has 2 aromatic heterocycles. The van der Waals surface area contributed by atoms with Crippen molar-refractivity contribution in [2.45, 2.75) is 38.0 Å². The number of hydrogen-bond acceptors (Lipinski definition) is 4. The summed E-state index contributed by atoms with van der Waals surface area (Å²) < 4.78 is 6.69. The molecule has 5 heteroatoms. The van der Waals surface area contributed by atoms with Gasteiger partial charge in [-0.05, 0) is 25.0 Å². The number of nitrogens with zero attached hydrogens (tertiary/aromatic N) is 3. The average Bonchev–Trinajstić information content (AvgIpc) is 2.91. The van der Waals surface area contributed by atoms with Crippen LogP contribution < -0.4 is 0 Å². The van der Waals surface area contributed by atoms with Crippen LogP contribution >= 0.6 is 0 Å². The number of rotatable bonds is 2. The topological polar surface area (TPSA) is 56.5 Å². The molecule has 0 amide bonds. The summed E-state index contributed by atoms with van der Waals surface area (Å²) in [5.41, 5.74) is 1.22. The minimum absolute atomic E-state index is 0.345. The summed E-state index contributed by atoms with van der Waals surface area (Å²) in [4.78, 5) is 11.9. The number of pyridine rings is 1. The van der Waals surface area contributed by atoms with Gasteiger partial charge in [-0.25, -0.2) is 4.79 Å². The van der Waals surface area contributed by atoms with Gasteiger partial charge in [-0.1, -0.05) is 25.3 Å². The molecule has 0 bridgehead atoms. The zero-order chi connectivity index (χ0) is 13.2. The number of esters is 1. The highest BCUT2D eigenvalue weighted by molar-refractivity contribution is 5.88. The smallest absolute Gasteiger partial charge is 0.355 e. The molecule has 1 saturated carbocycles.